The molecule has 7 nitrogen and oxygen atoms in total. The Morgan fingerprint density at radius 3 is 2.38 bits per heavy atom. The number of fused-ring (bicyclic) bond motifs is 1. The number of nitrogens with zero attached hydrogens (tertiary/aromatic N) is 3. The molecule has 0 amide bonds. The van der Waals surface area contributed by atoms with Gasteiger partial charge < -0.3 is 9.84 Å². The van der Waals surface area contributed by atoms with E-state index >= 15 is 0 Å². The fraction of sp³-hybridized carbons (Fsp3) is 0.440. The SMILES string of the molecule is CC1(C)CCC(C)(C)c2cc(COc3ccc(C(CC(=O)O)c4nn[nH]n4)cc3)ccc21. The largest absolute Gasteiger partial charge is 0.489 e. The second kappa shape index (κ2) is 8.37. The normalized spacial score (nSPS) is 17.4. The van der Waals surface area contributed by atoms with Crippen molar-refractivity contribution < 1.29 is 14.6 Å². The highest BCUT2D eigenvalue weighted by Gasteiger charge is 2.36. The summed E-state index contributed by atoms with van der Waals surface area (Å²) in [6, 6.07) is 14.2. The molecule has 1 heterocycles. The Morgan fingerprint density at radius 1 is 1.06 bits per heavy atom. The number of aromatic nitrogens is 4. The number of rotatable bonds is 7. The first-order valence-electron chi connectivity index (χ1n) is 11.0. The number of aliphatic carboxylic acids is 1. The van der Waals surface area contributed by atoms with Gasteiger partial charge in [0.25, 0.3) is 0 Å². The van der Waals surface area contributed by atoms with Gasteiger partial charge in [0.05, 0.1) is 12.3 Å². The summed E-state index contributed by atoms with van der Waals surface area (Å²) in [6.07, 6.45) is 2.26. The Hall–Kier alpha value is -3.22. The van der Waals surface area contributed by atoms with Crippen molar-refractivity contribution in [2.24, 2.45) is 0 Å². The third kappa shape index (κ3) is 4.52. The number of carboxylic acids is 1. The molecular weight excluding hydrogens is 404 g/mol. The van der Waals surface area contributed by atoms with E-state index in [4.69, 9.17) is 4.74 Å². The summed E-state index contributed by atoms with van der Waals surface area (Å²) in [7, 11) is 0. The molecule has 0 saturated heterocycles. The van der Waals surface area contributed by atoms with E-state index in [1.54, 1.807) is 0 Å². The second-order valence-electron chi connectivity index (χ2n) is 9.93. The van der Waals surface area contributed by atoms with Gasteiger partial charge in [-0.15, -0.1) is 10.2 Å². The number of hydrogen-bond donors (Lipinski definition) is 2. The number of tetrazole rings is 1. The van der Waals surface area contributed by atoms with Crippen molar-refractivity contribution in [3.63, 3.8) is 0 Å². The van der Waals surface area contributed by atoms with Crippen LogP contribution < -0.4 is 4.74 Å². The molecule has 2 N–H and O–H groups in total. The van der Waals surface area contributed by atoms with Gasteiger partial charge >= 0.3 is 5.97 Å². The van der Waals surface area contributed by atoms with Crippen LogP contribution >= 0.6 is 0 Å². The Kier molecular flexibility index (Phi) is 5.75. The maximum Gasteiger partial charge on any atom is 0.304 e. The van der Waals surface area contributed by atoms with Crippen molar-refractivity contribution in [2.75, 3.05) is 0 Å². The Morgan fingerprint density at radius 2 is 1.75 bits per heavy atom. The number of aromatic amines is 1. The molecular formula is C25H30N4O3. The third-order valence-electron chi connectivity index (χ3n) is 6.66. The average Bonchev–Trinajstić information content (AvgIpc) is 3.29. The summed E-state index contributed by atoms with van der Waals surface area (Å²) < 4.78 is 6.04. The Bertz CT molecular complexity index is 1090. The van der Waals surface area contributed by atoms with Crippen LogP contribution in [-0.2, 0) is 22.2 Å². The molecule has 2 aromatic carbocycles. The molecule has 1 atom stereocenters. The van der Waals surface area contributed by atoms with E-state index in [1.807, 2.05) is 24.3 Å². The minimum atomic E-state index is -0.918. The minimum absolute atomic E-state index is 0.110. The third-order valence-corrected chi connectivity index (χ3v) is 6.66. The molecule has 0 aliphatic heterocycles. The van der Waals surface area contributed by atoms with E-state index in [0.717, 1.165) is 16.9 Å². The first-order valence-corrected chi connectivity index (χ1v) is 11.0. The highest BCUT2D eigenvalue weighted by Crippen LogP contribution is 2.46. The van der Waals surface area contributed by atoms with E-state index in [1.165, 1.54) is 24.0 Å². The van der Waals surface area contributed by atoms with Crippen molar-refractivity contribution >= 4 is 5.97 Å². The molecule has 3 aromatic rings. The molecule has 7 heteroatoms. The first-order chi connectivity index (χ1) is 15.2. The smallest absolute Gasteiger partial charge is 0.304 e. The van der Waals surface area contributed by atoms with Crippen LogP contribution in [0.1, 0.15) is 81.0 Å². The molecule has 0 radical (unpaired) electrons. The number of hydrogen-bond acceptors (Lipinski definition) is 5. The lowest BCUT2D eigenvalue weighted by atomic mass is 9.63. The second-order valence-corrected chi connectivity index (χ2v) is 9.93. The molecule has 1 unspecified atom stereocenters. The quantitative estimate of drug-likeness (QED) is 0.557. The minimum Gasteiger partial charge on any atom is -0.489 e. The fourth-order valence-corrected chi connectivity index (χ4v) is 4.54. The van der Waals surface area contributed by atoms with Crippen LogP contribution in [0.3, 0.4) is 0 Å². The average molecular weight is 435 g/mol. The molecule has 168 valence electrons. The lowest BCUT2D eigenvalue weighted by Gasteiger charge is -2.42. The lowest BCUT2D eigenvalue weighted by molar-refractivity contribution is -0.137. The summed E-state index contributed by atoms with van der Waals surface area (Å²) in [5.74, 6) is -0.293. The van der Waals surface area contributed by atoms with E-state index in [0.29, 0.717) is 12.4 Å². The standard InChI is InChI=1S/C25H30N4O3/c1-24(2)11-12-25(3,4)21-13-16(5-10-20(21)24)15-32-18-8-6-17(7-9-18)19(14-22(30)31)23-26-28-29-27-23/h5-10,13,19H,11-12,14-15H2,1-4H3,(H,30,31)(H,26,27,28,29). The van der Waals surface area contributed by atoms with Crippen LogP contribution in [0.25, 0.3) is 0 Å². The number of H-pyrrole nitrogens is 1. The summed E-state index contributed by atoms with van der Waals surface area (Å²) in [5, 5.41) is 23.1. The van der Waals surface area contributed by atoms with Crippen molar-refractivity contribution in [1.82, 2.24) is 20.6 Å². The van der Waals surface area contributed by atoms with Gasteiger partial charge in [0, 0.05) is 0 Å². The van der Waals surface area contributed by atoms with Crippen LogP contribution in [0.15, 0.2) is 42.5 Å². The van der Waals surface area contributed by atoms with Gasteiger partial charge in [-0.05, 0) is 58.1 Å². The van der Waals surface area contributed by atoms with Gasteiger partial charge in [-0.3, -0.25) is 4.79 Å². The highest BCUT2D eigenvalue weighted by molar-refractivity contribution is 5.68. The highest BCUT2D eigenvalue weighted by atomic mass is 16.5. The Labute approximate surface area is 188 Å². The Balaban J connectivity index is 1.49. The molecule has 32 heavy (non-hydrogen) atoms. The van der Waals surface area contributed by atoms with Crippen LogP contribution in [0, 0.1) is 0 Å². The lowest BCUT2D eigenvalue weighted by Crippen LogP contribution is -2.33. The van der Waals surface area contributed by atoms with Crippen molar-refractivity contribution in [2.45, 2.75) is 70.3 Å². The summed E-state index contributed by atoms with van der Waals surface area (Å²) in [5.41, 5.74) is 5.17. The van der Waals surface area contributed by atoms with Crippen LogP contribution in [-0.4, -0.2) is 31.7 Å². The van der Waals surface area contributed by atoms with Gasteiger partial charge in [-0.2, -0.15) is 5.21 Å². The zero-order valence-corrected chi connectivity index (χ0v) is 19.1. The fourth-order valence-electron chi connectivity index (χ4n) is 4.54. The summed E-state index contributed by atoms with van der Waals surface area (Å²) in [6.45, 7) is 9.77. The van der Waals surface area contributed by atoms with Crippen molar-refractivity contribution in [1.29, 1.82) is 0 Å². The van der Waals surface area contributed by atoms with Crippen LogP contribution in [0.4, 0.5) is 0 Å². The molecule has 4 rings (SSSR count). The van der Waals surface area contributed by atoms with Crippen LogP contribution in [0.2, 0.25) is 0 Å². The van der Waals surface area contributed by atoms with Gasteiger partial charge in [0.2, 0.25) is 0 Å². The topological polar surface area (TPSA) is 101 Å². The van der Waals surface area contributed by atoms with E-state index in [2.05, 4.69) is 66.5 Å². The monoisotopic (exact) mass is 434 g/mol. The zero-order valence-electron chi connectivity index (χ0n) is 19.1. The zero-order chi connectivity index (χ0) is 22.9. The molecule has 0 spiro atoms. The molecule has 0 saturated carbocycles. The number of carbonyl (C=O) groups is 1. The predicted octanol–water partition coefficient (Wildman–Crippen LogP) is 4.73. The molecule has 0 fully saturated rings. The first kappa shape index (κ1) is 22.0. The molecule has 1 aliphatic rings. The number of carboxylic acid groups (broad SMARTS) is 1. The maximum atomic E-state index is 11.3. The van der Waals surface area contributed by atoms with E-state index in [-0.39, 0.29) is 17.3 Å². The molecule has 1 aliphatic carbocycles. The molecule has 0 bridgehead atoms. The van der Waals surface area contributed by atoms with E-state index in [9.17, 15) is 9.90 Å². The van der Waals surface area contributed by atoms with Crippen molar-refractivity contribution in [3.05, 3.63) is 70.5 Å². The summed E-state index contributed by atoms with van der Waals surface area (Å²) >= 11 is 0. The molecule has 1 aromatic heterocycles. The van der Waals surface area contributed by atoms with Crippen LogP contribution in [0.5, 0.6) is 5.75 Å². The van der Waals surface area contributed by atoms with E-state index < -0.39 is 11.9 Å². The summed E-state index contributed by atoms with van der Waals surface area (Å²) in [4.78, 5) is 11.3. The predicted molar refractivity (Wildman–Crippen MR) is 121 cm³/mol. The van der Waals surface area contributed by atoms with Gasteiger partial charge in [0.1, 0.15) is 12.4 Å². The van der Waals surface area contributed by atoms with Gasteiger partial charge in [-0.1, -0.05) is 63.2 Å². The number of ether oxygens (including phenoxy) is 1. The van der Waals surface area contributed by atoms with Gasteiger partial charge in [-0.25, -0.2) is 0 Å². The van der Waals surface area contributed by atoms with Gasteiger partial charge in [0.15, 0.2) is 5.82 Å². The maximum absolute atomic E-state index is 11.3. The number of benzene rings is 2. The van der Waals surface area contributed by atoms with Crippen molar-refractivity contribution in [3.8, 4) is 5.75 Å². The number of nitrogens with one attached hydrogen (secondary N) is 1.